The molecule has 31 heavy (non-hydrogen) atoms. The van der Waals surface area contributed by atoms with Gasteiger partial charge < -0.3 is 5.32 Å². The number of sulfonamides is 1. The van der Waals surface area contributed by atoms with Crippen molar-refractivity contribution in [2.24, 2.45) is 0 Å². The van der Waals surface area contributed by atoms with E-state index in [1.54, 1.807) is 42.5 Å². The summed E-state index contributed by atoms with van der Waals surface area (Å²) in [4.78, 5) is 12.6. The molecule has 1 N–H and O–H groups in total. The van der Waals surface area contributed by atoms with Crippen molar-refractivity contribution in [2.45, 2.75) is 18.0 Å². The number of anilines is 2. The van der Waals surface area contributed by atoms with E-state index in [1.807, 2.05) is 6.92 Å². The van der Waals surface area contributed by atoms with Gasteiger partial charge in [-0.3, -0.25) is 9.10 Å². The lowest BCUT2D eigenvalue weighted by molar-refractivity contribution is -0.137. The fourth-order valence-electron chi connectivity index (χ4n) is 2.82. The minimum absolute atomic E-state index is 0.0119. The Morgan fingerprint density at radius 1 is 0.903 bits per heavy atom. The van der Waals surface area contributed by atoms with Crippen LogP contribution in [-0.2, 0) is 21.0 Å². The zero-order valence-electron chi connectivity index (χ0n) is 16.4. The van der Waals surface area contributed by atoms with Crippen LogP contribution >= 0.6 is 0 Å². The summed E-state index contributed by atoms with van der Waals surface area (Å²) >= 11 is 0. The van der Waals surface area contributed by atoms with Crippen LogP contribution in [0.15, 0.2) is 83.8 Å². The van der Waals surface area contributed by atoms with Gasteiger partial charge in [-0.05, 0) is 55.5 Å². The number of nitrogens with zero attached hydrogens (tertiary/aromatic N) is 1. The van der Waals surface area contributed by atoms with Crippen LogP contribution in [0.1, 0.15) is 11.1 Å². The molecule has 0 atom stereocenters. The molecule has 0 radical (unpaired) electrons. The molecule has 5 nitrogen and oxygen atoms in total. The van der Waals surface area contributed by atoms with Crippen molar-refractivity contribution < 1.29 is 26.4 Å². The second-order valence-corrected chi connectivity index (χ2v) is 8.65. The van der Waals surface area contributed by atoms with Gasteiger partial charge in [-0.25, -0.2) is 8.42 Å². The molecule has 1 amide bonds. The molecule has 0 saturated heterocycles. The van der Waals surface area contributed by atoms with E-state index in [2.05, 4.69) is 5.32 Å². The molecule has 3 rings (SSSR count). The van der Waals surface area contributed by atoms with Crippen molar-refractivity contribution in [3.8, 4) is 0 Å². The van der Waals surface area contributed by atoms with Crippen molar-refractivity contribution in [3.63, 3.8) is 0 Å². The van der Waals surface area contributed by atoms with E-state index in [-0.39, 0.29) is 16.3 Å². The van der Waals surface area contributed by atoms with Crippen LogP contribution in [0.5, 0.6) is 0 Å². The second-order valence-electron chi connectivity index (χ2n) is 6.78. The molecule has 3 aromatic rings. The van der Waals surface area contributed by atoms with Gasteiger partial charge in [0, 0.05) is 5.69 Å². The van der Waals surface area contributed by atoms with Crippen LogP contribution in [0, 0.1) is 6.92 Å². The average molecular weight is 448 g/mol. The van der Waals surface area contributed by atoms with E-state index in [0.717, 1.165) is 34.1 Å². The maximum atomic E-state index is 13.2. The Morgan fingerprint density at radius 2 is 1.48 bits per heavy atom. The van der Waals surface area contributed by atoms with Crippen molar-refractivity contribution in [3.05, 3.63) is 90.0 Å². The summed E-state index contributed by atoms with van der Waals surface area (Å²) in [6, 6.07) is 18.2. The SMILES string of the molecule is Cc1ccc(N(CC(=O)Nc2ccc(C(F)(F)F)cc2)S(=O)(=O)c2ccccc2)cc1. The zero-order chi connectivity index (χ0) is 22.6. The third kappa shape index (κ3) is 5.43. The number of hydrogen-bond donors (Lipinski definition) is 1. The number of hydrogen-bond acceptors (Lipinski definition) is 3. The fraction of sp³-hybridized carbons (Fsp3) is 0.136. The first kappa shape index (κ1) is 22.4. The quantitative estimate of drug-likeness (QED) is 0.586. The molecule has 0 fully saturated rings. The number of alkyl halides is 3. The van der Waals surface area contributed by atoms with Crippen LogP contribution in [0.2, 0.25) is 0 Å². The number of rotatable bonds is 6. The van der Waals surface area contributed by atoms with E-state index in [1.165, 1.54) is 12.1 Å². The van der Waals surface area contributed by atoms with Crippen molar-refractivity contribution in [2.75, 3.05) is 16.2 Å². The molecule has 0 aliphatic rings. The van der Waals surface area contributed by atoms with Gasteiger partial charge in [0.15, 0.2) is 0 Å². The smallest absolute Gasteiger partial charge is 0.325 e. The van der Waals surface area contributed by atoms with Crippen LogP contribution in [0.4, 0.5) is 24.5 Å². The molecule has 0 heterocycles. The maximum absolute atomic E-state index is 13.2. The number of amides is 1. The first-order chi connectivity index (χ1) is 14.6. The largest absolute Gasteiger partial charge is 0.416 e. The minimum atomic E-state index is -4.49. The van der Waals surface area contributed by atoms with E-state index in [9.17, 15) is 26.4 Å². The van der Waals surface area contributed by atoms with Gasteiger partial charge in [0.05, 0.1) is 16.1 Å². The number of aryl methyl sites for hydroxylation is 1. The van der Waals surface area contributed by atoms with Gasteiger partial charge in [-0.2, -0.15) is 13.2 Å². The highest BCUT2D eigenvalue weighted by atomic mass is 32.2. The van der Waals surface area contributed by atoms with Crippen LogP contribution in [0.3, 0.4) is 0 Å². The summed E-state index contributed by atoms with van der Waals surface area (Å²) in [6.45, 7) is 1.29. The molecular formula is C22H19F3N2O3S. The molecule has 0 spiro atoms. The van der Waals surface area contributed by atoms with Gasteiger partial charge in [0.2, 0.25) is 5.91 Å². The molecule has 3 aromatic carbocycles. The van der Waals surface area contributed by atoms with Crippen LogP contribution < -0.4 is 9.62 Å². The monoisotopic (exact) mass is 448 g/mol. The summed E-state index contributed by atoms with van der Waals surface area (Å²) in [5.41, 5.74) is 0.476. The highest BCUT2D eigenvalue weighted by Gasteiger charge is 2.30. The Hall–Kier alpha value is -3.33. The van der Waals surface area contributed by atoms with Gasteiger partial charge >= 0.3 is 6.18 Å². The second kappa shape index (κ2) is 8.81. The third-order valence-electron chi connectivity index (χ3n) is 4.44. The summed E-state index contributed by atoms with van der Waals surface area (Å²) < 4.78 is 65.4. The molecule has 162 valence electrons. The van der Waals surface area contributed by atoms with Crippen molar-refractivity contribution >= 4 is 27.3 Å². The topological polar surface area (TPSA) is 66.5 Å². The van der Waals surface area contributed by atoms with Crippen LogP contribution in [-0.4, -0.2) is 20.9 Å². The van der Waals surface area contributed by atoms with Crippen molar-refractivity contribution in [1.82, 2.24) is 0 Å². The lowest BCUT2D eigenvalue weighted by atomic mass is 10.2. The zero-order valence-corrected chi connectivity index (χ0v) is 17.2. The fourth-order valence-corrected chi connectivity index (χ4v) is 4.26. The Labute approximate surface area is 178 Å². The lowest BCUT2D eigenvalue weighted by Crippen LogP contribution is -2.38. The molecule has 0 unspecified atom stereocenters. The Morgan fingerprint density at radius 3 is 2.03 bits per heavy atom. The lowest BCUT2D eigenvalue weighted by Gasteiger charge is -2.24. The van der Waals surface area contributed by atoms with E-state index in [4.69, 9.17) is 0 Å². The predicted molar refractivity (Wildman–Crippen MR) is 112 cm³/mol. The predicted octanol–water partition coefficient (Wildman–Crippen LogP) is 4.85. The van der Waals surface area contributed by atoms with Crippen molar-refractivity contribution in [1.29, 1.82) is 0 Å². The normalized spacial score (nSPS) is 11.7. The van der Waals surface area contributed by atoms with Crippen LogP contribution in [0.25, 0.3) is 0 Å². The van der Waals surface area contributed by atoms with E-state index in [0.29, 0.717) is 0 Å². The Balaban J connectivity index is 1.86. The molecule has 9 heteroatoms. The van der Waals surface area contributed by atoms with E-state index >= 15 is 0 Å². The highest BCUT2D eigenvalue weighted by Crippen LogP contribution is 2.30. The number of halogens is 3. The first-order valence-electron chi connectivity index (χ1n) is 9.19. The number of carbonyl (C=O) groups excluding carboxylic acids is 1. The molecule has 0 bridgehead atoms. The standard InChI is InChI=1S/C22H19F3N2O3S/c1-16-7-13-19(14-8-16)27(31(29,30)20-5-3-2-4-6-20)15-21(28)26-18-11-9-17(10-12-18)22(23,24)25/h2-14H,15H2,1H3,(H,26,28). The van der Waals surface area contributed by atoms with Gasteiger partial charge in [-0.15, -0.1) is 0 Å². The maximum Gasteiger partial charge on any atom is 0.416 e. The van der Waals surface area contributed by atoms with Gasteiger partial charge in [0.25, 0.3) is 10.0 Å². The number of benzene rings is 3. The summed E-state index contributed by atoms with van der Waals surface area (Å²) in [7, 11) is -4.06. The Kier molecular flexibility index (Phi) is 6.35. The third-order valence-corrected chi connectivity index (χ3v) is 6.22. The highest BCUT2D eigenvalue weighted by molar-refractivity contribution is 7.92. The first-order valence-corrected chi connectivity index (χ1v) is 10.6. The summed E-state index contributed by atoms with van der Waals surface area (Å²) in [5, 5.41) is 2.44. The molecule has 0 aromatic heterocycles. The van der Waals surface area contributed by atoms with Gasteiger partial charge in [-0.1, -0.05) is 35.9 Å². The summed E-state index contributed by atoms with van der Waals surface area (Å²) in [6.07, 6.45) is -4.49. The summed E-state index contributed by atoms with van der Waals surface area (Å²) in [5.74, 6) is -0.695. The average Bonchev–Trinajstić information content (AvgIpc) is 2.73. The molecule has 0 aliphatic heterocycles. The molecular weight excluding hydrogens is 429 g/mol. The number of carbonyl (C=O) groups is 1. The molecule has 0 aliphatic carbocycles. The Bertz CT molecular complexity index is 1150. The molecule has 0 saturated carbocycles. The number of nitrogens with one attached hydrogen (secondary N) is 1. The van der Waals surface area contributed by atoms with E-state index < -0.39 is 34.2 Å². The van der Waals surface area contributed by atoms with Gasteiger partial charge in [0.1, 0.15) is 6.54 Å². The minimum Gasteiger partial charge on any atom is -0.325 e.